The summed E-state index contributed by atoms with van der Waals surface area (Å²) in [5.41, 5.74) is 0.990. The van der Waals surface area contributed by atoms with Crippen molar-refractivity contribution in [1.29, 1.82) is 0 Å². The molecule has 0 saturated carbocycles. The van der Waals surface area contributed by atoms with E-state index in [0.717, 1.165) is 41.7 Å². The van der Waals surface area contributed by atoms with E-state index < -0.39 is 0 Å². The van der Waals surface area contributed by atoms with Gasteiger partial charge in [0.15, 0.2) is 11.7 Å². The van der Waals surface area contributed by atoms with E-state index >= 15 is 0 Å². The molecule has 2 heterocycles. The summed E-state index contributed by atoms with van der Waals surface area (Å²) in [6.45, 7) is 1.79. The first-order chi connectivity index (χ1) is 10.7. The minimum Gasteiger partial charge on any atom is -0.441 e. The first-order valence-corrected chi connectivity index (χ1v) is 8.50. The van der Waals surface area contributed by atoms with Crippen molar-refractivity contribution in [2.75, 3.05) is 13.1 Å². The first-order valence-electron chi connectivity index (χ1n) is 7.71. The molecule has 0 atom stereocenters. The highest BCUT2D eigenvalue weighted by atomic mass is 79.9. The molecule has 4 nitrogen and oxygen atoms in total. The largest absolute Gasteiger partial charge is 0.441 e. The number of likely N-dealkylation sites (tertiary alicyclic amines) is 1. The van der Waals surface area contributed by atoms with Crippen LogP contribution in [0.5, 0.6) is 0 Å². The number of benzene rings is 1. The van der Waals surface area contributed by atoms with Crippen molar-refractivity contribution in [3.63, 3.8) is 0 Å². The Hall–Kier alpha value is -1.62. The highest BCUT2D eigenvalue weighted by Gasteiger charge is 2.17. The van der Waals surface area contributed by atoms with E-state index in [-0.39, 0.29) is 5.91 Å². The van der Waals surface area contributed by atoms with Gasteiger partial charge in [-0.3, -0.25) is 4.79 Å². The Morgan fingerprint density at radius 3 is 2.64 bits per heavy atom. The molecule has 5 heteroatoms. The van der Waals surface area contributed by atoms with Crippen LogP contribution in [-0.2, 0) is 11.2 Å². The molecule has 1 aromatic heterocycles. The van der Waals surface area contributed by atoms with Gasteiger partial charge in [-0.1, -0.05) is 28.1 Å². The Labute approximate surface area is 138 Å². The predicted octanol–water partition coefficient (Wildman–Crippen LogP) is 4.05. The highest BCUT2D eigenvalue weighted by molar-refractivity contribution is 9.10. The summed E-state index contributed by atoms with van der Waals surface area (Å²) in [6.07, 6.45) is 6.24. The number of piperidine rings is 1. The molecular weight excluding hydrogens is 344 g/mol. The Morgan fingerprint density at radius 1 is 1.18 bits per heavy atom. The minimum absolute atomic E-state index is 0.211. The van der Waals surface area contributed by atoms with Crippen molar-refractivity contribution in [2.45, 2.75) is 32.1 Å². The second-order valence-electron chi connectivity index (χ2n) is 5.57. The zero-order valence-corrected chi connectivity index (χ0v) is 14.0. The number of rotatable bonds is 4. The Bertz CT molecular complexity index is 630. The zero-order valence-electron chi connectivity index (χ0n) is 12.4. The molecule has 1 fully saturated rings. The van der Waals surface area contributed by atoms with Gasteiger partial charge in [-0.2, -0.15) is 0 Å². The second-order valence-corrected chi connectivity index (χ2v) is 6.48. The van der Waals surface area contributed by atoms with E-state index in [2.05, 4.69) is 20.9 Å². The number of halogens is 1. The molecule has 1 amide bonds. The van der Waals surface area contributed by atoms with Crippen LogP contribution in [0.3, 0.4) is 0 Å². The van der Waals surface area contributed by atoms with E-state index in [4.69, 9.17) is 4.42 Å². The molecule has 116 valence electrons. The molecule has 0 spiro atoms. The topological polar surface area (TPSA) is 46.3 Å². The number of amides is 1. The van der Waals surface area contributed by atoms with Crippen molar-refractivity contribution < 1.29 is 9.21 Å². The lowest BCUT2D eigenvalue weighted by molar-refractivity contribution is -0.132. The quantitative estimate of drug-likeness (QED) is 0.823. The average molecular weight is 363 g/mol. The molecule has 1 aliphatic heterocycles. The van der Waals surface area contributed by atoms with Gasteiger partial charge in [-0.05, 0) is 31.4 Å². The van der Waals surface area contributed by atoms with Gasteiger partial charge in [-0.15, -0.1) is 0 Å². The van der Waals surface area contributed by atoms with Crippen LogP contribution in [0, 0.1) is 0 Å². The van der Waals surface area contributed by atoms with Crippen LogP contribution in [0.1, 0.15) is 31.6 Å². The standard InChI is InChI=1S/C17H19BrN2O2/c18-14-6-4-13(5-7-14)15-12-19-16(22-15)8-9-17(21)20-10-2-1-3-11-20/h4-7,12H,1-3,8-11H2. The van der Waals surface area contributed by atoms with Crippen LogP contribution in [0.2, 0.25) is 0 Å². The number of nitrogens with zero attached hydrogens (tertiary/aromatic N) is 2. The molecule has 1 aliphatic rings. The van der Waals surface area contributed by atoms with E-state index in [9.17, 15) is 4.79 Å². The van der Waals surface area contributed by atoms with Gasteiger partial charge < -0.3 is 9.32 Å². The fraction of sp³-hybridized carbons (Fsp3) is 0.412. The molecule has 1 saturated heterocycles. The number of hydrogen-bond acceptors (Lipinski definition) is 3. The fourth-order valence-electron chi connectivity index (χ4n) is 2.69. The summed E-state index contributed by atoms with van der Waals surface area (Å²) < 4.78 is 6.78. The smallest absolute Gasteiger partial charge is 0.223 e. The fourth-order valence-corrected chi connectivity index (χ4v) is 2.95. The first kappa shape index (κ1) is 15.3. The molecular formula is C17H19BrN2O2. The zero-order chi connectivity index (χ0) is 15.4. The van der Waals surface area contributed by atoms with Crippen LogP contribution in [0.15, 0.2) is 39.4 Å². The number of carbonyl (C=O) groups excluding carboxylic acids is 1. The lowest BCUT2D eigenvalue weighted by Crippen LogP contribution is -2.35. The number of aryl methyl sites for hydroxylation is 1. The third-order valence-corrected chi connectivity index (χ3v) is 4.47. The Morgan fingerprint density at radius 2 is 1.91 bits per heavy atom. The van der Waals surface area contributed by atoms with Crippen molar-refractivity contribution >= 4 is 21.8 Å². The maximum Gasteiger partial charge on any atom is 0.223 e. The normalized spacial score (nSPS) is 15.0. The maximum atomic E-state index is 12.1. The molecule has 0 N–H and O–H groups in total. The lowest BCUT2D eigenvalue weighted by Gasteiger charge is -2.26. The number of oxazole rings is 1. The summed E-state index contributed by atoms with van der Waals surface area (Å²) >= 11 is 3.41. The minimum atomic E-state index is 0.211. The summed E-state index contributed by atoms with van der Waals surface area (Å²) in [6, 6.07) is 7.90. The third-order valence-electron chi connectivity index (χ3n) is 3.94. The summed E-state index contributed by atoms with van der Waals surface area (Å²) in [5.74, 6) is 1.58. The molecule has 0 aliphatic carbocycles. The maximum absolute atomic E-state index is 12.1. The van der Waals surface area contributed by atoms with Gasteiger partial charge in [0.25, 0.3) is 0 Å². The van der Waals surface area contributed by atoms with Crippen molar-refractivity contribution in [3.05, 3.63) is 40.8 Å². The molecule has 0 bridgehead atoms. The predicted molar refractivity (Wildman–Crippen MR) is 88.4 cm³/mol. The van der Waals surface area contributed by atoms with E-state index in [1.54, 1.807) is 6.20 Å². The molecule has 3 rings (SSSR count). The second kappa shape index (κ2) is 7.09. The third kappa shape index (κ3) is 3.77. The molecule has 22 heavy (non-hydrogen) atoms. The van der Waals surface area contributed by atoms with Gasteiger partial charge in [0.2, 0.25) is 5.91 Å². The van der Waals surface area contributed by atoms with Crippen molar-refractivity contribution in [3.8, 4) is 11.3 Å². The Balaban J connectivity index is 1.57. The molecule has 1 aromatic carbocycles. The van der Waals surface area contributed by atoms with Crippen LogP contribution in [0.4, 0.5) is 0 Å². The Kier molecular flexibility index (Phi) is 4.93. The van der Waals surface area contributed by atoms with E-state index in [1.165, 1.54) is 6.42 Å². The van der Waals surface area contributed by atoms with Gasteiger partial charge in [-0.25, -0.2) is 4.98 Å². The highest BCUT2D eigenvalue weighted by Crippen LogP contribution is 2.23. The molecule has 2 aromatic rings. The van der Waals surface area contributed by atoms with Crippen molar-refractivity contribution in [2.24, 2.45) is 0 Å². The lowest BCUT2D eigenvalue weighted by atomic mass is 10.1. The van der Waals surface area contributed by atoms with Crippen LogP contribution in [0.25, 0.3) is 11.3 Å². The van der Waals surface area contributed by atoms with Gasteiger partial charge in [0, 0.05) is 36.0 Å². The monoisotopic (exact) mass is 362 g/mol. The van der Waals surface area contributed by atoms with Crippen LogP contribution < -0.4 is 0 Å². The summed E-state index contributed by atoms with van der Waals surface area (Å²) in [7, 11) is 0. The number of aromatic nitrogens is 1. The number of hydrogen-bond donors (Lipinski definition) is 0. The van der Waals surface area contributed by atoms with Gasteiger partial charge in [0.1, 0.15) is 0 Å². The van der Waals surface area contributed by atoms with E-state index in [1.807, 2.05) is 29.2 Å². The average Bonchev–Trinajstić information content (AvgIpc) is 3.03. The molecule has 0 unspecified atom stereocenters. The van der Waals surface area contributed by atoms with Gasteiger partial charge >= 0.3 is 0 Å². The van der Waals surface area contributed by atoms with Crippen LogP contribution in [-0.4, -0.2) is 28.9 Å². The summed E-state index contributed by atoms with van der Waals surface area (Å²) in [4.78, 5) is 18.4. The molecule has 0 radical (unpaired) electrons. The summed E-state index contributed by atoms with van der Waals surface area (Å²) in [5, 5.41) is 0. The number of carbonyl (C=O) groups is 1. The van der Waals surface area contributed by atoms with Crippen molar-refractivity contribution in [1.82, 2.24) is 9.88 Å². The van der Waals surface area contributed by atoms with Gasteiger partial charge in [0.05, 0.1) is 6.20 Å². The van der Waals surface area contributed by atoms with E-state index in [0.29, 0.717) is 18.7 Å². The van der Waals surface area contributed by atoms with Crippen LogP contribution >= 0.6 is 15.9 Å². The SMILES string of the molecule is O=C(CCc1ncc(-c2ccc(Br)cc2)o1)N1CCCCC1.